The number of rotatable bonds is 4. The topological polar surface area (TPSA) is 209 Å². The van der Waals surface area contributed by atoms with Gasteiger partial charge in [0.25, 0.3) is 11.7 Å². The van der Waals surface area contributed by atoms with Gasteiger partial charge in [0.2, 0.25) is 0 Å². The number of Topliss-reactive ketones (excluding diaryl/α,β-unsaturated/α-hetero) is 1. The Morgan fingerprint density at radius 1 is 0.984 bits per heavy atom. The van der Waals surface area contributed by atoms with Gasteiger partial charge in [0.1, 0.15) is 34.0 Å². The number of likely N-dealkylation sites (tertiary alicyclic amines) is 1. The molecule has 1 amide bonds. The van der Waals surface area contributed by atoms with Crippen molar-refractivity contribution >= 4 is 46.5 Å². The van der Waals surface area contributed by atoms with Crippen molar-refractivity contribution in [3.05, 3.63) is 58.0 Å². The molecular formula is C46H63ClN4O11. The normalized spacial score (nSPS) is 32.1. The van der Waals surface area contributed by atoms with Gasteiger partial charge < -0.3 is 49.6 Å². The van der Waals surface area contributed by atoms with E-state index in [1.807, 2.05) is 0 Å². The van der Waals surface area contributed by atoms with E-state index in [-0.39, 0.29) is 62.1 Å². The van der Waals surface area contributed by atoms with Crippen molar-refractivity contribution in [1.29, 1.82) is 0 Å². The fourth-order valence-corrected chi connectivity index (χ4v) is 9.24. The summed E-state index contributed by atoms with van der Waals surface area (Å²) in [5, 5.41) is 50.5. The maximum Gasteiger partial charge on any atom is 0.312 e. The number of benzene rings is 2. The number of aliphatic hydroxyl groups excluding tert-OH is 2. The van der Waals surface area contributed by atoms with Crippen LogP contribution in [0.4, 0.5) is 5.69 Å². The number of esters is 1. The van der Waals surface area contributed by atoms with Crippen LogP contribution >= 0.6 is 12.4 Å². The monoisotopic (exact) mass is 882 g/mol. The van der Waals surface area contributed by atoms with Gasteiger partial charge in [-0.1, -0.05) is 59.8 Å². The van der Waals surface area contributed by atoms with Crippen molar-refractivity contribution in [2.45, 2.75) is 118 Å². The number of ketones is 1. The standard InChI is InChI=1S/C46H62N4O11.ClH/c1-22(2)21-50-18-16-46(17-19-50)48-34-31-32-39(54)28(8)42-33(31)43(56)45(10,61-42)59-20-15-30(58-11)25(5)41(60-29(9)51)27(7)38(53)26(6)37(52)23(3)13-12-14-24(4)44(57)47-36(40(32)55)35(34)49-46;/h12-15,20,22-23,25-27,30,37-38,41,48,52-55H,16-19,21H2,1-11H3;1H/b13-12+,20-15+,24-14-,47-36?;/t23-,25+,26+,27+,30-,37-,38+,41+,45-;/m0./s1. The molecular weight excluding hydrogens is 820 g/mol. The number of phenols is 2. The third-order valence-electron chi connectivity index (χ3n) is 12.9. The first kappa shape index (κ1) is 48.5. The van der Waals surface area contributed by atoms with Gasteiger partial charge in [-0.3, -0.25) is 19.4 Å². The minimum absolute atomic E-state index is 0. The molecule has 0 unspecified atom stereocenters. The number of ether oxygens (including phenoxy) is 4. The lowest BCUT2D eigenvalue weighted by atomic mass is 9.78. The largest absolute Gasteiger partial charge is 0.507 e. The lowest BCUT2D eigenvalue weighted by Gasteiger charge is -2.38. The van der Waals surface area contributed by atoms with Crippen LogP contribution in [0.1, 0.15) is 91.1 Å². The summed E-state index contributed by atoms with van der Waals surface area (Å²) < 4.78 is 24.0. The number of fused-ring (bicyclic) bond motifs is 1. The van der Waals surface area contributed by atoms with E-state index >= 15 is 0 Å². The molecule has 0 aromatic heterocycles. The van der Waals surface area contributed by atoms with Crippen LogP contribution in [0, 0.1) is 36.5 Å². The maximum atomic E-state index is 14.7. The van der Waals surface area contributed by atoms with Gasteiger partial charge in [0.15, 0.2) is 5.75 Å². The fraction of sp³-hybridized carbons (Fsp3) is 0.587. The number of phenolic OH excluding ortho intramolecular Hbond substituents is 2. The van der Waals surface area contributed by atoms with E-state index in [2.05, 4.69) is 29.1 Å². The molecule has 0 aliphatic carbocycles. The number of hydrogen-bond donors (Lipinski definition) is 5. The molecule has 4 aliphatic rings. The van der Waals surface area contributed by atoms with Crippen molar-refractivity contribution in [3.8, 4) is 17.2 Å². The number of nitrogens with zero attached hydrogens (tertiary/aromatic N) is 3. The average Bonchev–Trinajstić information content (AvgIpc) is 3.71. The van der Waals surface area contributed by atoms with E-state index in [4.69, 9.17) is 23.9 Å². The molecule has 340 valence electrons. The van der Waals surface area contributed by atoms with E-state index in [0.717, 1.165) is 19.6 Å². The Morgan fingerprint density at radius 3 is 2.26 bits per heavy atom. The van der Waals surface area contributed by atoms with Crippen LogP contribution in [0.25, 0.3) is 10.8 Å². The number of allylic oxidation sites excluding steroid dienone is 2. The molecule has 4 heterocycles. The molecule has 15 nitrogen and oxygen atoms in total. The van der Waals surface area contributed by atoms with Crippen LogP contribution in [0.5, 0.6) is 17.2 Å². The second-order valence-electron chi connectivity index (χ2n) is 18.0. The minimum Gasteiger partial charge on any atom is -0.507 e. The Labute approximate surface area is 369 Å². The molecule has 2 aromatic carbocycles. The smallest absolute Gasteiger partial charge is 0.312 e. The van der Waals surface area contributed by atoms with Crippen molar-refractivity contribution in [3.63, 3.8) is 0 Å². The predicted octanol–water partition coefficient (Wildman–Crippen LogP) is 5.17. The summed E-state index contributed by atoms with van der Waals surface area (Å²) in [6.07, 6.45) is 5.07. The van der Waals surface area contributed by atoms with E-state index < -0.39 is 82.9 Å². The molecule has 6 rings (SSSR count). The van der Waals surface area contributed by atoms with Gasteiger partial charge in [-0.25, -0.2) is 4.99 Å². The zero-order valence-corrected chi connectivity index (χ0v) is 38.3. The van der Waals surface area contributed by atoms with Crippen LogP contribution < -0.4 is 20.8 Å². The Kier molecular flexibility index (Phi) is 14.6. The molecule has 0 saturated carbocycles. The SMILES string of the molecule is CO[C@H]1/C=C/O[C@@]2(C)Oc3c(C)c(O)c4c(O)c(c5c(c4c3C2=O)NC2(CCN(CC(C)C)CC2)N=5)=NC(=O)/C(C)=C\C=C\[C@H](C)[C@H](O)[C@@H](C)[C@@H](O)[C@@H](C)[C@H](OC(C)=O)[C@@H]1C.Cl. The van der Waals surface area contributed by atoms with Crippen molar-refractivity contribution in [2.75, 3.05) is 32.1 Å². The maximum absolute atomic E-state index is 14.7. The Hall–Kier alpha value is -4.54. The molecule has 4 aliphatic heterocycles. The molecule has 1 saturated heterocycles. The molecule has 1 fully saturated rings. The second-order valence-corrected chi connectivity index (χ2v) is 18.0. The van der Waals surface area contributed by atoms with Crippen LogP contribution in [0.3, 0.4) is 0 Å². The fourth-order valence-electron chi connectivity index (χ4n) is 9.24. The highest BCUT2D eigenvalue weighted by Crippen LogP contribution is 2.51. The molecule has 62 heavy (non-hydrogen) atoms. The summed E-state index contributed by atoms with van der Waals surface area (Å²) in [6.45, 7) is 19.6. The minimum atomic E-state index is -1.95. The lowest BCUT2D eigenvalue weighted by Crippen LogP contribution is -2.47. The number of piperidine rings is 1. The van der Waals surface area contributed by atoms with Gasteiger partial charge >= 0.3 is 11.8 Å². The molecule has 1 spiro atoms. The number of nitrogens with one attached hydrogen (secondary N) is 1. The van der Waals surface area contributed by atoms with Crippen LogP contribution in [0.15, 0.2) is 46.1 Å². The first-order valence-corrected chi connectivity index (χ1v) is 21.2. The summed E-state index contributed by atoms with van der Waals surface area (Å²) in [4.78, 5) is 52.9. The number of carbonyl (C=O) groups excluding carboxylic acids is 3. The zero-order chi connectivity index (χ0) is 44.9. The molecule has 4 bridgehead atoms. The molecule has 16 heteroatoms. The van der Waals surface area contributed by atoms with Gasteiger partial charge in [0.05, 0.1) is 41.2 Å². The highest BCUT2D eigenvalue weighted by atomic mass is 35.5. The molecule has 9 atom stereocenters. The highest BCUT2D eigenvalue weighted by Gasteiger charge is 2.51. The van der Waals surface area contributed by atoms with E-state index in [0.29, 0.717) is 24.4 Å². The number of methoxy groups -OCH3 is 1. The van der Waals surface area contributed by atoms with Gasteiger partial charge in [0, 0.05) is 93.6 Å². The van der Waals surface area contributed by atoms with Gasteiger partial charge in [-0.2, -0.15) is 0 Å². The molecule has 2 aromatic rings. The van der Waals surface area contributed by atoms with Gasteiger partial charge in [-0.05, 0) is 25.8 Å². The van der Waals surface area contributed by atoms with Crippen molar-refractivity contribution in [1.82, 2.24) is 4.90 Å². The third kappa shape index (κ3) is 8.96. The van der Waals surface area contributed by atoms with Crippen molar-refractivity contribution in [2.24, 2.45) is 39.6 Å². The summed E-state index contributed by atoms with van der Waals surface area (Å²) >= 11 is 0. The summed E-state index contributed by atoms with van der Waals surface area (Å²) in [5.74, 6) is -6.57. The third-order valence-corrected chi connectivity index (χ3v) is 12.9. The van der Waals surface area contributed by atoms with Gasteiger partial charge in [-0.15, -0.1) is 12.4 Å². The van der Waals surface area contributed by atoms with Crippen molar-refractivity contribution < 1.29 is 53.8 Å². The number of hydrogen-bond acceptors (Lipinski definition) is 14. The summed E-state index contributed by atoms with van der Waals surface area (Å²) in [6, 6.07) is 0. The van der Waals surface area contributed by atoms with Crippen LogP contribution in [-0.2, 0) is 23.8 Å². The highest BCUT2D eigenvalue weighted by molar-refractivity contribution is 6.21. The first-order valence-electron chi connectivity index (χ1n) is 21.2. The van der Waals surface area contributed by atoms with E-state index in [1.165, 1.54) is 27.2 Å². The zero-order valence-electron chi connectivity index (χ0n) is 37.5. The van der Waals surface area contributed by atoms with E-state index in [1.54, 1.807) is 65.8 Å². The van der Waals surface area contributed by atoms with E-state index in [9.17, 15) is 34.8 Å². The molecule has 5 N–H and O–H groups in total. The quantitative estimate of drug-likeness (QED) is 0.199. The Balaban J connectivity index is 0.00000726. The predicted molar refractivity (Wildman–Crippen MR) is 235 cm³/mol. The Bertz CT molecular complexity index is 2300. The number of aliphatic hydroxyl groups is 2. The Morgan fingerprint density at radius 2 is 1.65 bits per heavy atom. The number of amides is 1. The number of anilines is 1. The number of aromatic hydroxyl groups is 2. The van der Waals surface area contributed by atoms with Crippen LogP contribution in [0.2, 0.25) is 0 Å². The van der Waals surface area contributed by atoms with Crippen LogP contribution in [-0.4, -0.2) is 106 Å². The summed E-state index contributed by atoms with van der Waals surface area (Å²) in [7, 11) is 1.47. The first-order chi connectivity index (χ1) is 28.6. The summed E-state index contributed by atoms with van der Waals surface area (Å²) in [5.41, 5.74) is -0.111. The average molecular weight is 883 g/mol. The second kappa shape index (κ2) is 18.7. The number of halogens is 1. The number of carbonyl (C=O) groups is 3. The molecule has 0 radical (unpaired) electrons. The lowest BCUT2D eigenvalue weighted by molar-refractivity contribution is -0.160.